The zero-order chi connectivity index (χ0) is 18.8. The van der Waals surface area contributed by atoms with Crippen LogP contribution < -0.4 is 11.1 Å². The van der Waals surface area contributed by atoms with Crippen molar-refractivity contribution in [2.24, 2.45) is 17.6 Å². The first kappa shape index (κ1) is 18.6. The van der Waals surface area contributed by atoms with E-state index in [0.717, 1.165) is 29.1 Å². The van der Waals surface area contributed by atoms with Gasteiger partial charge in [0.1, 0.15) is 5.82 Å². The zero-order valence-corrected chi connectivity index (χ0v) is 16.2. The van der Waals surface area contributed by atoms with Crippen LogP contribution in [0.2, 0.25) is 0 Å². The second-order valence-corrected chi connectivity index (χ2v) is 8.93. The molecular weight excluding hydrogens is 361 g/mol. The van der Waals surface area contributed by atoms with Crippen molar-refractivity contribution in [2.45, 2.75) is 57.0 Å². The number of halogens is 1. The number of aromatic nitrogens is 1. The Labute approximate surface area is 163 Å². The minimum absolute atomic E-state index is 0.0611. The highest BCUT2D eigenvalue weighted by atomic mass is 32.1. The molecule has 2 aromatic rings. The van der Waals surface area contributed by atoms with Gasteiger partial charge in [-0.3, -0.25) is 4.79 Å². The molecule has 2 fully saturated rings. The molecule has 1 aromatic heterocycles. The van der Waals surface area contributed by atoms with Crippen molar-refractivity contribution in [1.29, 1.82) is 0 Å². The third-order valence-corrected chi connectivity index (χ3v) is 6.81. The number of rotatable bonds is 5. The van der Waals surface area contributed by atoms with Crippen molar-refractivity contribution >= 4 is 17.2 Å². The highest BCUT2D eigenvalue weighted by Crippen LogP contribution is 2.39. The normalized spacial score (nSPS) is 27.3. The average Bonchev–Trinajstić information content (AvgIpc) is 3.04. The molecule has 1 heterocycles. The average molecular weight is 388 g/mol. The first-order valence-corrected chi connectivity index (χ1v) is 10.7. The number of nitrogens with zero attached hydrogens (tertiary/aromatic N) is 1. The topological polar surface area (TPSA) is 68.0 Å². The van der Waals surface area contributed by atoms with E-state index in [1.807, 2.05) is 5.38 Å². The lowest BCUT2D eigenvalue weighted by Gasteiger charge is -2.45. The molecule has 0 aliphatic heterocycles. The molecular formula is C21H26FN3OS. The van der Waals surface area contributed by atoms with E-state index in [2.05, 4.69) is 10.3 Å². The van der Waals surface area contributed by atoms with Crippen LogP contribution in [0.3, 0.4) is 0 Å². The first-order valence-electron chi connectivity index (χ1n) is 9.79. The standard InChI is InChI=1S/C21H26FN3OS/c22-16-6-4-13(5-7-16)8-20-24-18(12-27-20)11-19(26)25-21-14-2-1-3-15(21)10-17(23)9-14/h4-7,12,14-15,17,21H,1-3,8-11,23H2,(H,25,26). The Kier molecular flexibility index (Phi) is 5.55. The van der Waals surface area contributed by atoms with E-state index in [4.69, 9.17) is 5.73 Å². The number of hydrogen-bond donors (Lipinski definition) is 2. The fourth-order valence-corrected chi connectivity index (χ4v) is 5.54. The summed E-state index contributed by atoms with van der Waals surface area (Å²) in [6.07, 6.45) is 6.65. The summed E-state index contributed by atoms with van der Waals surface area (Å²) in [7, 11) is 0. The molecule has 0 saturated heterocycles. The number of thiazole rings is 1. The van der Waals surface area contributed by atoms with E-state index in [9.17, 15) is 9.18 Å². The summed E-state index contributed by atoms with van der Waals surface area (Å²) in [4.78, 5) is 17.2. The number of carbonyl (C=O) groups excluding carboxylic acids is 1. The Hall–Kier alpha value is -1.79. The molecule has 1 aromatic carbocycles. The Bertz CT molecular complexity index is 777. The molecule has 6 heteroatoms. The van der Waals surface area contributed by atoms with Crippen molar-refractivity contribution in [1.82, 2.24) is 10.3 Å². The molecule has 144 valence electrons. The van der Waals surface area contributed by atoms with Gasteiger partial charge in [0.05, 0.1) is 17.1 Å². The van der Waals surface area contributed by atoms with Crippen LogP contribution >= 0.6 is 11.3 Å². The lowest BCUT2D eigenvalue weighted by atomic mass is 9.67. The molecule has 0 radical (unpaired) electrons. The minimum atomic E-state index is -0.233. The monoisotopic (exact) mass is 387 g/mol. The van der Waals surface area contributed by atoms with Crippen LogP contribution in [0.1, 0.15) is 48.4 Å². The summed E-state index contributed by atoms with van der Waals surface area (Å²) in [6, 6.07) is 7.05. The van der Waals surface area contributed by atoms with Crippen molar-refractivity contribution in [3.8, 4) is 0 Å². The number of nitrogens with one attached hydrogen (secondary N) is 1. The summed E-state index contributed by atoms with van der Waals surface area (Å²) >= 11 is 1.55. The fraction of sp³-hybridized carbons (Fsp3) is 0.524. The summed E-state index contributed by atoms with van der Waals surface area (Å²) in [5.41, 5.74) is 8.01. The third-order valence-electron chi connectivity index (χ3n) is 5.91. The smallest absolute Gasteiger partial charge is 0.226 e. The molecule has 2 saturated carbocycles. The number of benzene rings is 1. The van der Waals surface area contributed by atoms with Gasteiger partial charge in [-0.25, -0.2) is 9.37 Å². The number of nitrogens with two attached hydrogens (primary N) is 1. The Morgan fingerprint density at radius 1 is 1.22 bits per heavy atom. The van der Waals surface area contributed by atoms with E-state index < -0.39 is 0 Å². The van der Waals surface area contributed by atoms with Gasteiger partial charge in [-0.1, -0.05) is 18.6 Å². The van der Waals surface area contributed by atoms with Crippen molar-refractivity contribution in [3.05, 3.63) is 51.7 Å². The van der Waals surface area contributed by atoms with Gasteiger partial charge in [0.2, 0.25) is 5.91 Å². The van der Waals surface area contributed by atoms with Crippen LogP contribution in [-0.4, -0.2) is 23.0 Å². The molecule has 2 atom stereocenters. The Morgan fingerprint density at radius 3 is 2.63 bits per heavy atom. The second kappa shape index (κ2) is 8.07. The fourth-order valence-electron chi connectivity index (χ4n) is 4.71. The Balaban J connectivity index is 1.33. The SMILES string of the molecule is NC1CC2CCCC(C1)C2NC(=O)Cc1csc(Cc2ccc(F)cc2)n1. The predicted molar refractivity (Wildman–Crippen MR) is 105 cm³/mol. The molecule has 27 heavy (non-hydrogen) atoms. The van der Waals surface area contributed by atoms with Gasteiger partial charge in [-0.15, -0.1) is 11.3 Å². The van der Waals surface area contributed by atoms with E-state index >= 15 is 0 Å². The molecule has 2 unspecified atom stereocenters. The van der Waals surface area contributed by atoms with Crippen LogP contribution in [0.5, 0.6) is 0 Å². The van der Waals surface area contributed by atoms with Gasteiger partial charge in [0.15, 0.2) is 0 Å². The number of carbonyl (C=O) groups is 1. The first-order chi connectivity index (χ1) is 13.1. The molecule has 1 amide bonds. The number of amides is 1. The molecule has 2 aliphatic carbocycles. The highest BCUT2D eigenvalue weighted by Gasteiger charge is 2.39. The van der Waals surface area contributed by atoms with Crippen LogP contribution in [0.15, 0.2) is 29.6 Å². The van der Waals surface area contributed by atoms with E-state index in [-0.39, 0.29) is 17.8 Å². The predicted octanol–water partition coefficient (Wildman–Crippen LogP) is 3.44. The zero-order valence-electron chi connectivity index (χ0n) is 15.4. The molecule has 2 bridgehead atoms. The molecule has 2 aliphatic rings. The van der Waals surface area contributed by atoms with Crippen molar-refractivity contribution in [2.75, 3.05) is 0 Å². The van der Waals surface area contributed by atoms with Gasteiger partial charge in [0, 0.05) is 23.9 Å². The van der Waals surface area contributed by atoms with Crippen LogP contribution in [0.25, 0.3) is 0 Å². The molecule has 4 rings (SSSR count). The minimum Gasteiger partial charge on any atom is -0.352 e. The van der Waals surface area contributed by atoms with Gasteiger partial charge in [0.25, 0.3) is 0 Å². The number of fused-ring (bicyclic) bond motifs is 2. The Morgan fingerprint density at radius 2 is 1.93 bits per heavy atom. The summed E-state index contributed by atoms with van der Waals surface area (Å²) in [5.74, 6) is 0.886. The van der Waals surface area contributed by atoms with Crippen molar-refractivity contribution in [3.63, 3.8) is 0 Å². The highest BCUT2D eigenvalue weighted by molar-refractivity contribution is 7.09. The molecule has 3 N–H and O–H groups in total. The lowest BCUT2D eigenvalue weighted by molar-refractivity contribution is -0.122. The maximum Gasteiger partial charge on any atom is 0.226 e. The summed E-state index contributed by atoms with van der Waals surface area (Å²) < 4.78 is 13.0. The van der Waals surface area contributed by atoms with Gasteiger partial charge >= 0.3 is 0 Å². The molecule has 0 spiro atoms. The number of hydrogen-bond acceptors (Lipinski definition) is 4. The van der Waals surface area contributed by atoms with Crippen LogP contribution in [0.4, 0.5) is 4.39 Å². The maximum atomic E-state index is 13.0. The van der Waals surface area contributed by atoms with E-state index in [1.54, 1.807) is 23.5 Å². The quantitative estimate of drug-likeness (QED) is 0.826. The van der Waals surface area contributed by atoms with Crippen LogP contribution in [-0.2, 0) is 17.6 Å². The largest absolute Gasteiger partial charge is 0.352 e. The van der Waals surface area contributed by atoms with Gasteiger partial charge < -0.3 is 11.1 Å². The van der Waals surface area contributed by atoms with Crippen LogP contribution in [0, 0.1) is 17.7 Å². The van der Waals surface area contributed by atoms with E-state index in [0.29, 0.717) is 30.7 Å². The van der Waals surface area contributed by atoms with Gasteiger partial charge in [-0.2, -0.15) is 0 Å². The third kappa shape index (κ3) is 4.55. The van der Waals surface area contributed by atoms with Crippen molar-refractivity contribution < 1.29 is 9.18 Å². The van der Waals surface area contributed by atoms with E-state index in [1.165, 1.54) is 31.4 Å². The van der Waals surface area contributed by atoms with Gasteiger partial charge in [-0.05, 0) is 55.2 Å². The molecule has 4 nitrogen and oxygen atoms in total. The summed E-state index contributed by atoms with van der Waals surface area (Å²) in [6.45, 7) is 0. The second-order valence-electron chi connectivity index (χ2n) is 7.99. The lowest BCUT2D eigenvalue weighted by Crippen LogP contribution is -2.54. The summed E-state index contributed by atoms with van der Waals surface area (Å²) in [5, 5.41) is 6.19. The maximum absolute atomic E-state index is 13.0.